The summed E-state index contributed by atoms with van der Waals surface area (Å²) >= 11 is 0. The van der Waals surface area contributed by atoms with Gasteiger partial charge in [-0.2, -0.15) is 8.42 Å². The molecule has 7 heteroatoms. The van der Waals surface area contributed by atoms with Crippen LogP contribution in [0, 0.1) is 0 Å². The van der Waals surface area contributed by atoms with Crippen LogP contribution >= 0.6 is 0 Å². The van der Waals surface area contributed by atoms with Crippen molar-refractivity contribution in [1.82, 2.24) is 10.6 Å². The Hall–Kier alpha value is -0.210. The van der Waals surface area contributed by atoms with E-state index in [1.807, 2.05) is 0 Å². The lowest BCUT2D eigenvalue weighted by atomic mass is 10.2. The van der Waals surface area contributed by atoms with E-state index in [-0.39, 0.29) is 0 Å². The summed E-state index contributed by atoms with van der Waals surface area (Å²) in [4.78, 5) is 0. The van der Waals surface area contributed by atoms with Crippen LogP contribution in [0.15, 0.2) is 0 Å². The van der Waals surface area contributed by atoms with Crippen molar-refractivity contribution in [2.24, 2.45) is 0 Å². The number of unbranched alkanes of at least 4 members (excludes halogenated alkanes) is 8. The van der Waals surface area contributed by atoms with Gasteiger partial charge in [0.2, 0.25) is 0 Å². The van der Waals surface area contributed by atoms with E-state index < -0.39 is 10.4 Å². The Morgan fingerprint density at radius 3 is 0.852 bits per heavy atom. The zero-order valence-electron chi connectivity index (χ0n) is 18.4. The van der Waals surface area contributed by atoms with Gasteiger partial charge in [-0.3, -0.25) is 9.11 Å². The molecule has 0 heterocycles. The molecule has 0 unspecified atom stereocenters. The molecule has 0 bridgehead atoms. The van der Waals surface area contributed by atoms with Crippen LogP contribution in [-0.2, 0) is 10.4 Å². The Morgan fingerprint density at radius 2 is 0.704 bits per heavy atom. The van der Waals surface area contributed by atoms with Crippen LogP contribution in [0.5, 0.6) is 0 Å². The minimum Gasteiger partial charge on any atom is -0.317 e. The van der Waals surface area contributed by atoms with Crippen LogP contribution in [0.1, 0.15) is 105 Å². The van der Waals surface area contributed by atoms with Crippen molar-refractivity contribution < 1.29 is 17.5 Å². The number of nitrogens with one attached hydrogen (secondary N) is 2. The van der Waals surface area contributed by atoms with Gasteiger partial charge < -0.3 is 10.6 Å². The zero-order valence-corrected chi connectivity index (χ0v) is 19.2. The third-order valence-corrected chi connectivity index (χ3v) is 3.83. The van der Waals surface area contributed by atoms with Crippen molar-refractivity contribution in [2.75, 3.05) is 26.2 Å². The van der Waals surface area contributed by atoms with E-state index in [1.54, 1.807) is 0 Å². The van der Waals surface area contributed by atoms with Crippen molar-refractivity contribution in [3.05, 3.63) is 0 Å². The molecule has 0 saturated heterocycles. The molecule has 0 aromatic rings. The SMILES string of the molecule is CCCCCNCCCCC.CCCCCNCCCCC.O=S(=O)(O)O. The maximum absolute atomic E-state index is 8.74. The van der Waals surface area contributed by atoms with Crippen LogP contribution in [0.25, 0.3) is 0 Å². The minimum atomic E-state index is -4.67. The molecule has 0 aromatic carbocycles. The summed E-state index contributed by atoms with van der Waals surface area (Å²) in [7, 11) is -4.67. The maximum atomic E-state index is 8.74. The molecule has 0 amide bonds. The summed E-state index contributed by atoms with van der Waals surface area (Å²) in [5, 5.41) is 6.91. The predicted molar refractivity (Wildman–Crippen MR) is 118 cm³/mol. The van der Waals surface area contributed by atoms with E-state index in [1.165, 1.54) is 103 Å². The Morgan fingerprint density at radius 1 is 0.519 bits per heavy atom. The molecule has 0 aliphatic rings. The molecule has 6 nitrogen and oxygen atoms in total. The standard InChI is InChI=1S/2C10H23N.H2O4S/c2*1-3-5-7-9-11-10-8-6-4-2;1-5(2,3)4/h2*11H,3-10H2,1-2H3;(H2,1,2,3,4). The van der Waals surface area contributed by atoms with E-state index in [0.717, 1.165) is 0 Å². The van der Waals surface area contributed by atoms with Crippen LogP contribution < -0.4 is 10.6 Å². The van der Waals surface area contributed by atoms with Crippen molar-refractivity contribution in [3.63, 3.8) is 0 Å². The number of rotatable bonds is 16. The smallest absolute Gasteiger partial charge is 0.317 e. The summed E-state index contributed by atoms with van der Waals surface area (Å²) in [5.74, 6) is 0. The zero-order chi connectivity index (χ0) is 21.2. The average Bonchev–Trinajstić information content (AvgIpc) is 2.59. The second-order valence-electron chi connectivity index (χ2n) is 6.78. The summed E-state index contributed by atoms with van der Waals surface area (Å²) in [6.07, 6.45) is 16.2. The molecule has 0 aromatic heterocycles. The molecule has 0 fully saturated rings. The molecule has 4 N–H and O–H groups in total. The van der Waals surface area contributed by atoms with E-state index in [9.17, 15) is 0 Å². The first-order valence-corrected chi connectivity index (χ1v) is 12.3. The molecule has 0 atom stereocenters. The average molecular weight is 413 g/mol. The highest BCUT2D eigenvalue weighted by Gasteiger charge is 1.88. The summed E-state index contributed by atoms with van der Waals surface area (Å²) in [6, 6.07) is 0. The van der Waals surface area contributed by atoms with E-state index in [0.29, 0.717) is 0 Å². The van der Waals surface area contributed by atoms with Crippen LogP contribution in [0.3, 0.4) is 0 Å². The van der Waals surface area contributed by atoms with E-state index in [4.69, 9.17) is 17.5 Å². The van der Waals surface area contributed by atoms with Gasteiger partial charge in [-0.1, -0.05) is 79.1 Å². The van der Waals surface area contributed by atoms with Crippen LogP contribution in [0.4, 0.5) is 0 Å². The van der Waals surface area contributed by atoms with Gasteiger partial charge in [-0.25, -0.2) is 0 Å². The van der Waals surface area contributed by atoms with Gasteiger partial charge in [0.15, 0.2) is 0 Å². The minimum absolute atomic E-state index is 1.22. The van der Waals surface area contributed by atoms with Gasteiger partial charge in [0.05, 0.1) is 0 Å². The fourth-order valence-electron chi connectivity index (χ4n) is 2.25. The molecule has 0 rings (SSSR count). The number of hydrogen-bond acceptors (Lipinski definition) is 4. The summed E-state index contributed by atoms with van der Waals surface area (Å²) < 4.78 is 31.6. The third-order valence-electron chi connectivity index (χ3n) is 3.83. The Labute approximate surface area is 169 Å². The first-order chi connectivity index (χ1) is 12.8. The highest BCUT2D eigenvalue weighted by Crippen LogP contribution is 1.94. The highest BCUT2D eigenvalue weighted by molar-refractivity contribution is 7.79. The second-order valence-corrected chi connectivity index (χ2v) is 7.67. The molecule has 0 aliphatic carbocycles. The predicted octanol–water partition coefficient (Wildman–Crippen LogP) is 5.26. The summed E-state index contributed by atoms with van der Waals surface area (Å²) in [6.45, 7) is 13.9. The lowest BCUT2D eigenvalue weighted by Crippen LogP contribution is -2.16. The first-order valence-electron chi connectivity index (χ1n) is 10.9. The van der Waals surface area contributed by atoms with Gasteiger partial charge >= 0.3 is 10.4 Å². The molecule has 0 radical (unpaired) electrons. The van der Waals surface area contributed by atoms with Crippen molar-refractivity contribution in [1.29, 1.82) is 0 Å². The third kappa shape index (κ3) is 58.5. The Balaban J connectivity index is -0.000000344. The monoisotopic (exact) mass is 412 g/mol. The fraction of sp³-hybridized carbons (Fsp3) is 1.00. The van der Waals surface area contributed by atoms with Crippen LogP contribution in [0.2, 0.25) is 0 Å². The molecular weight excluding hydrogens is 364 g/mol. The van der Waals surface area contributed by atoms with Gasteiger partial charge in [-0.15, -0.1) is 0 Å². The van der Waals surface area contributed by atoms with Crippen molar-refractivity contribution in [3.8, 4) is 0 Å². The normalized spacial score (nSPS) is 10.6. The molecule has 0 aliphatic heterocycles. The second kappa shape index (κ2) is 28.0. The quantitative estimate of drug-likeness (QED) is 0.204. The molecule has 0 spiro atoms. The highest BCUT2D eigenvalue weighted by atomic mass is 32.3. The van der Waals surface area contributed by atoms with E-state index in [2.05, 4.69) is 38.3 Å². The first kappa shape index (κ1) is 31.5. The molecule has 0 saturated carbocycles. The Kier molecular flexibility index (Phi) is 32.7. The molecular formula is C20H48N2O4S. The fourth-order valence-corrected chi connectivity index (χ4v) is 2.25. The van der Waals surface area contributed by atoms with Crippen molar-refractivity contribution >= 4 is 10.4 Å². The molecule has 27 heavy (non-hydrogen) atoms. The van der Waals surface area contributed by atoms with Gasteiger partial charge in [0.25, 0.3) is 0 Å². The lowest BCUT2D eigenvalue weighted by molar-refractivity contribution is 0.381. The Bertz CT molecular complexity index is 297. The van der Waals surface area contributed by atoms with Crippen molar-refractivity contribution in [2.45, 2.75) is 105 Å². The van der Waals surface area contributed by atoms with Gasteiger partial charge in [-0.05, 0) is 51.9 Å². The van der Waals surface area contributed by atoms with Gasteiger partial charge in [0, 0.05) is 0 Å². The molecule has 168 valence electrons. The number of hydrogen-bond donors (Lipinski definition) is 4. The van der Waals surface area contributed by atoms with Gasteiger partial charge in [0.1, 0.15) is 0 Å². The maximum Gasteiger partial charge on any atom is 0.394 e. The summed E-state index contributed by atoms with van der Waals surface area (Å²) in [5.41, 5.74) is 0. The van der Waals surface area contributed by atoms with E-state index >= 15 is 0 Å². The topological polar surface area (TPSA) is 98.7 Å². The van der Waals surface area contributed by atoms with Crippen LogP contribution in [-0.4, -0.2) is 43.7 Å². The lowest BCUT2D eigenvalue weighted by Gasteiger charge is -2.02. The largest absolute Gasteiger partial charge is 0.394 e.